The van der Waals surface area contributed by atoms with Crippen LogP contribution in [-0.2, 0) is 9.53 Å². The van der Waals surface area contributed by atoms with Crippen LogP contribution in [0.15, 0.2) is 18.2 Å². The number of anilines is 1. The molecule has 0 aliphatic rings. The third-order valence-corrected chi connectivity index (χ3v) is 2.53. The Morgan fingerprint density at radius 3 is 2.65 bits per heavy atom. The summed E-state index contributed by atoms with van der Waals surface area (Å²) in [6.07, 6.45) is -4.46. The van der Waals surface area contributed by atoms with Gasteiger partial charge in [-0.25, -0.2) is 0 Å². The van der Waals surface area contributed by atoms with Gasteiger partial charge in [0.2, 0.25) is 5.91 Å². The summed E-state index contributed by atoms with van der Waals surface area (Å²) < 4.78 is 39.8. The predicted molar refractivity (Wildman–Crippen MR) is 72.6 cm³/mol. The quantitative estimate of drug-likeness (QED) is 0.818. The predicted octanol–water partition coefficient (Wildman–Crippen LogP) is 2.15. The van der Waals surface area contributed by atoms with E-state index in [4.69, 9.17) is 18.0 Å². The molecule has 3 N–H and O–H groups in total. The summed E-state index contributed by atoms with van der Waals surface area (Å²) >= 11 is 4.80. The number of nitrogens with one attached hydrogen (secondary N) is 1. The number of aryl methyl sites for hydroxylation is 1. The van der Waals surface area contributed by atoms with Gasteiger partial charge in [-0.3, -0.25) is 4.79 Å². The van der Waals surface area contributed by atoms with E-state index in [1.807, 2.05) is 0 Å². The van der Waals surface area contributed by atoms with E-state index in [2.05, 4.69) is 10.1 Å². The second-order valence-corrected chi connectivity index (χ2v) is 4.49. The van der Waals surface area contributed by atoms with Gasteiger partial charge in [0.1, 0.15) is 18.2 Å². The standard InChI is InChI=1S/C12H13F3N2O2S/c1-7-2-3-8(11(16)20)4-9(7)17-10(18)5-19-6-12(13,14)15/h2-4H,5-6H2,1H3,(H2,16,20)(H,17,18). The highest BCUT2D eigenvalue weighted by Crippen LogP contribution is 2.17. The lowest BCUT2D eigenvalue weighted by Gasteiger charge is -2.11. The average molecular weight is 306 g/mol. The molecule has 0 aliphatic heterocycles. The van der Waals surface area contributed by atoms with E-state index in [9.17, 15) is 18.0 Å². The van der Waals surface area contributed by atoms with Crippen molar-refractivity contribution >= 4 is 28.8 Å². The molecule has 0 unspecified atom stereocenters. The first-order chi connectivity index (χ1) is 9.19. The number of thiocarbonyl (C=S) groups is 1. The Kier molecular flexibility index (Phi) is 5.46. The largest absolute Gasteiger partial charge is 0.411 e. The van der Waals surface area contributed by atoms with Crippen LogP contribution in [-0.4, -0.2) is 30.3 Å². The molecule has 8 heteroatoms. The second kappa shape index (κ2) is 6.67. The van der Waals surface area contributed by atoms with Crippen molar-refractivity contribution in [3.05, 3.63) is 29.3 Å². The molecule has 1 aromatic rings. The number of nitrogens with two attached hydrogens (primary N) is 1. The Hall–Kier alpha value is -1.67. The van der Waals surface area contributed by atoms with E-state index in [0.717, 1.165) is 5.56 Å². The summed E-state index contributed by atoms with van der Waals surface area (Å²) in [6, 6.07) is 4.94. The van der Waals surface area contributed by atoms with Crippen LogP contribution in [0.4, 0.5) is 18.9 Å². The molecule has 0 bridgehead atoms. The fraction of sp³-hybridized carbons (Fsp3) is 0.333. The smallest absolute Gasteiger partial charge is 0.389 e. The fourth-order valence-electron chi connectivity index (χ4n) is 1.36. The van der Waals surface area contributed by atoms with E-state index in [-0.39, 0.29) is 4.99 Å². The Labute approximate surface area is 119 Å². The number of rotatable bonds is 5. The summed E-state index contributed by atoms with van der Waals surface area (Å²) in [5, 5.41) is 2.45. The molecule has 0 aromatic heterocycles. The molecule has 0 heterocycles. The van der Waals surface area contributed by atoms with E-state index in [1.54, 1.807) is 25.1 Å². The van der Waals surface area contributed by atoms with Gasteiger partial charge in [0.25, 0.3) is 0 Å². The zero-order valence-corrected chi connectivity index (χ0v) is 11.4. The van der Waals surface area contributed by atoms with Gasteiger partial charge in [0, 0.05) is 11.3 Å². The maximum atomic E-state index is 11.9. The minimum Gasteiger partial charge on any atom is -0.389 e. The van der Waals surface area contributed by atoms with Crippen molar-refractivity contribution in [3.63, 3.8) is 0 Å². The van der Waals surface area contributed by atoms with Crippen molar-refractivity contribution in [2.45, 2.75) is 13.1 Å². The molecule has 1 amide bonds. The summed E-state index contributed by atoms with van der Waals surface area (Å²) in [6.45, 7) is -0.419. The van der Waals surface area contributed by atoms with Gasteiger partial charge in [-0.2, -0.15) is 13.2 Å². The Morgan fingerprint density at radius 2 is 2.10 bits per heavy atom. The normalized spacial score (nSPS) is 11.2. The summed E-state index contributed by atoms with van der Waals surface area (Å²) in [5.41, 5.74) is 7.17. The van der Waals surface area contributed by atoms with Gasteiger partial charge in [0.05, 0.1) is 0 Å². The van der Waals surface area contributed by atoms with E-state index in [1.165, 1.54) is 0 Å². The molecule has 1 rings (SSSR count). The van der Waals surface area contributed by atoms with E-state index >= 15 is 0 Å². The molecular formula is C12H13F3N2O2S. The topological polar surface area (TPSA) is 64.3 Å². The average Bonchev–Trinajstić information content (AvgIpc) is 2.30. The fourth-order valence-corrected chi connectivity index (χ4v) is 1.48. The van der Waals surface area contributed by atoms with Crippen LogP contribution >= 0.6 is 12.2 Å². The molecular weight excluding hydrogens is 293 g/mol. The number of alkyl halides is 3. The van der Waals surface area contributed by atoms with Crippen molar-refractivity contribution in [2.75, 3.05) is 18.5 Å². The number of hydrogen-bond acceptors (Lipinski definition) is 3. The van der Waals surface area contributed by atoms with E-state index < -0.39 is 25.3 Å². The number of carbonyl (C=O) groups is 1. The molecule has 110 valence electrons. The molecule has 0 saturated heterocycles. The first-order valence-corrected chi connectivity index (χ1v) is 5.94. The number of halogens is 3. The summed E-state index contributed by atoms with van der Waals surface area (Å²) in [7, 11) is 0. The lowest BCUT2D eigenvalue weighted by molar-refractivity contribution is -0.174. The Bertz CT molecular complexity index is 518. The van der Waals surface area contributed by atoms with Crippen molar-refractivity contribution in [2.24, 2.45) is 5.73 Å². The minimum atomic E-state index is -4.46. The molecule has 4 nitrogen and oxygen atoms in total. The molecule has 0 aliphatic carbocycles. The highest BCUT2D eigenvalue weighted by molar-refractivity contribution is 7.80. The van der Waals surface area contributed by atoms with Gasteiger partial charge in [-0.15, -0.1) is 0 Å². The highest BCUT2D eigenvalue weighted by Gasteiger charge is 2.27. The Morgan fingerprint density at radius 1 is 1.45 bits per heavy atom. The van der Waals surface area contributed by atoms with Gasteiger partial charge in [-0.1, -0.05) is 24.4 Å². The third-order valence-electron chi connectivity index (χ3n) is 2.30. The van der Waals surface area contributed by atoms with Crippen LogP contribution in [0.5, 0.6) is 0 Å². The van der Waals surface area contributed by atoms with Crippen LogP contribution in [0, 0.1) is 6.92 Å². The van der Waals surface area contributed by atoms with Crippen LogP contribution in [0.3, 0.4) is 0 Å². The monoisotopic (exact) mass is 306 g/mol. The van der Waals surface area contributed by atoms with Gasteiger partial charge < -0.3 is 15.8 Å². The number of hydrogen-bond donors (Lipinski definition) is 2. The zero-order chi connectivity index (χ0) is 15.3. The summed E-state index contributed by atoms with van der Waals surface area (Å²) in [5.74, 6) is -0.683. The zero-order valence-electron chi connectivity index (χ0n) is 10.6. The van der Waals surface area contributed by atoms with Crippen LogP contribution in [0.1, 0.15) is 11.1 Å². The maximum absolute atomic E-state index is 11.9. The summed E-state index contributed by atoms with van der Waals surface area (Å²) in [4.78, 5) is 11.6. The molecule has 0 fully saturated rings. The van der Waals surface area contributed by atoms with Crippen molar-refractivity contribution in [1.29, 1.82) is 0 Å². The Balaban J connectivity index is 2.62. The first kappa shape index (κ1) is 16.4. The van der Waals surface area contributed by atoms with Crippen molar-refractivity contribution < 1.29 is 22.7 Å². The molecule has 1 aromatic carbocycles. The van der Waals surface area contributed by atoms with Crippen LogP contribution in [0.25, 0.3) is 0 Å². The van der Waals surface area contributed by atoms with Crippen molar-refractivity contribution in [1.82, 2.24) is 0 Å². The van der Waals surface area contributed by atoms with E-state index in [0.29, 0.717) is 11.3 Å². The lowest BCUT2D eigenvalue weighted by Crippen LogP contribution is -2.24. The lowest BCUT2D eigenvalue weighted by atomic mass is 10.1. The van der Waals surface area contributed by atoms with Crippen LogP contribution < -0.4 is 11.1 Å². The molecule has 20 heavy (non-hydrogen) atoms. The van der Waals surface area contributed by atoms with Crippen LogP contribution in [0.2, 0.25) is 0 Å². The number of carbonyl (C=O) groups excluding carboxylic acids is 1. The number of benzene rings is 1. The molecule has 0 spiro atoms. The second-order valence-electron chi connectivity index (χ2n) is 4.05. The SMILES string of the molecule is Cc1ccc(C(N)=S)cc1NC(=O)COCC(F)(F)F. The van der Waals surface area contributed by atoms with Gasteiger partial charge >= 0.3 is 6.18 Å². The molecule has 0 saturated carbocycles. The molecule has 0 atom stereocenters. The third kappa shape index (κ3) is 5.54. The number of amides is 1. The van der Waals surface area contributed by atoms with Gasteiger partial charge in [0.15, 0.2) is 0 Å². The number of ether oxygens (including phenoxy) is 1. The van der Waals surface area contributed by atoms with Crippen molar-refractivity contribution in [3.8, 4) is 0 Å². The maximum Gasteiger partial charge on any atom is 0.411 e. The minimum absolute atomic E-state index is 0.161. The highest BCUT2D eigenvalue weighted by atomic mass is 32.1. The van der Waals surface area contributed by atoms with Gasteiger partial charge in [-0.05, 0) is 18.6 Å². The first-order valence-electron chi connectivity index (χ1n) is 5.54. The molecule has 0 radical (unpaired) electrons.